The molecule has 3 aliphatic heterocycles. The number of hydrogen-bond donors (Lipinski definition) is 1. The van der Waals surface area contributed by atoms with Crippen molar-refractivity contribution in [3.8, 4) is 11.5 Å². The lowest BCUT2D eigenvalue weighted by molar-refractivity contribution is 0.0681. The standard InChI is InChI=1S/C18H24N2O3.ClH/c1-20(15-10-13-4-5-14(11-15)19-13)18(21)12-3-6-16-17(9-12)23-8-2-7-22-16;/h3,6,9,13-15,19H,2,4-5,7-8,10-11H2,1H3;1H. The quantitative estimate of drug-likeness (QED) is 0.889. The number of rotatable bonds is 2. The van der Waals surface area contributed by atoms with Crippen molar-refractivity contribution in [1.82, 2.24) is 10.2 Å². The maximum atomic E-state index is 12.9. The van der Waals surface area contributed by atoms with Gasteiger partial charge in [0.2, 0.25) is 0 Å². The summed E-state index contributed by atoms with van der Waals surface area (Å²) < 4.78 is 11.3. The summed E-state index contributed by atoms with van der Waals surface area (Å²) in [5.41, 5.74) is 0.683. The molecule has 2 unspecified atom stereocenters. The summed E-state index contributed by atoms with van der Waals surface area (Å²) in [5.74, 6) is 1.50. The molecule has 4 rings (SSSR count). The van der Waals surface area contributed by atoms with Gasteiger partial charge in [-0.15, -0.1) is 12.4 Å². The summed E-state index contributed by atoms with van der Waals surface area (Å²) >= 11 is 0. The molecule has 1 aromatic rings. The first-order valence-electron chi connectivity index (χ1n) is 8.63. The molecule has 2 fully saturated rings. The van der Waals surface area contributed by atoms with E-state index in [-0.39, 0.29) is 18.3 Å². The molecule has 1 N–H and O–H groups in total. The molecule has 24 heavy (non-hydrogen) atoms. The highest BCUT2D eigenvalue weighted by Crippen LogP contribution is 2.33. The molecule has 0 aliphatic carbocycles. The molecule has 2 saturated heterocycles. The van der Waals surface area contributed by atoms with Crippen molar-refractivity contribution >= 4 is 18.3 Å². The predicted molar refractivity (Wildman–Crippen MR) is 94.4 cm³/mol. The number of nitrogens with one attached hydrogen (secondary N) is 1. The number of amides is 1. The SMILES string of the molecule is CN(C(=O)c1ccc2c(c1)OCCCO2)C1CC2CCC(C1)N2.Cl. The normalized spacial score (nSPS) is 27.8. The third-order valence-corrected chi connectivity index (χ3v) is 5.31. The molecule has 3 heterocycles. The Hall–Kier alpha value is -1.46. The molecule has 0 saturated carbocycles. The minimum absolute atomic E-state index is 0. The fraction of sp³-hybridized carbons (Fsp3) is 0.611. The predicted octanol–water partition coefficient (Wildman–Crippen LogP) is 2.62. The van der Waals surface area contributed by atoms with E-state index in [2.05, 4.69) is 5.32 Å². The Labute approximate surface area is 149 Å². The molecular weight excluding hydrogens is 328 g/mol. The molecular formula is C18H25ClN2O3. The Bertz CT molecular complexity index is 598. The first-order valence-corrected chi connectivity index (χ1v) is 8.63. The topological polar surface area (TPSA) is 50.8 Å². The molecule has 132 valence electrons. The number of carbonyl (C=O) groups is 1. The summed E-state index contributed by atoms with van der Waals surface area (Å²) in [7, 11) is 1.93. The summed E-state index contributed by atoms with van der Waals surface area (Å²) in [6.45, 7) is 1.30. The highest BCUT2D eigenvalue weighted by molar-refractivity contribution is 5.95. The molecule has 6 heteroatoms. The lowest BCUT2D eigenvalue weighted by atomic mass is 9.98. The van der Waals surface area contributed by atoms with Crippen molar-refractivity contribution in [3.63, 3.8) is 0 Å². The van der Waals surface area contributed by atoms with E-state index in [1.807, 2.05) is 30.1 Å². The highest BCUT2D eigenvalue weighted by Gasteiger charge is 2.36. The number of hydrogen-bond acceptors (Lipinski definition) is 4. The van der Waals surface area contributed by atoms with E-state index in [1.165, 1.54) is 12.8 Å². The molecule has 0 aromatic heterocycles. The van der Waals surface area contributed by atoms with Crippen molar-refractivity contribution < 1.29 is 14.3 Å². The van der Waals surface area contributed by atoms with Crippen LogP contribution in [0.5, 0.6) is 11.5 Å². The Kier molecular flexibility index (Phi) is 5.21. The van der Waals surface area contributed by atoms with Crippen LogP contribution in [-0.2, 0) is 0 Å². The van der Waals surface area contributed by atoms with Gasteiger partial charge in [0.15, 0.2) is 11.5 Å². The largest absolute Gasteiger partial charge is 0.490 e. The Morgan fingerprint density at radius 3 is 2.50 bits per heavy atom. The van der Waals surface area contributed by atoms with E-state index in [9.17, 15) is 4.79 Å². The van der Waals surface area contributed by atoms with E-state index < -0.39 is 0 Å². The fourth-order valence-corrected chi connectivity index (χ4v) is 4.01. The molecule has 0 radical (unpaired) electrons. The van der Waals surface area contributed by atoms with Gasteiger partial charge >= 0.3 is 0 Å². The van der Waals surface area contributed by atoms with Gasteiger partial charge in [-0.3, -0.25) is 4.79 Å². The summed E-state index contributed by atoms with van der Waals surface area (Å²) in [4.78, 5) is 14.8. The van der Waals surface area contributed by atoms with Crippen molar-refractivity contribution in [2.75, 3.05) is 20.3 Å². The summed E-state index contributed by atoms with van der Waals surface area (Å²) in [5, 5.41) is 3.63. The maximum Gasteiger partial charge on any atom is 0.253 e. The monoisotopic (exact) mass is 352 g/mol. The van der Waals surface area contributed by atoms with Crippen molar-refractivity contribution in [3.05, 3.63) is 23.8 Å². The minimum atomic E-state index is 0. The van der Waals surface area contributed by atoms with Crippen molar-refractivity contribution in [1.29, 1.82) is 0 Å². The zero-order valence-corrected chi connectivity index (χ0v) is 14.8. The van der Waals surface area contributed by atoms with Gasteiger partial charge < -0.3 is 19.7 Å². The molecule has 5 nitrogen and oxygen atoms in total. The van der Waals surface area contributed by atoms with E-state index in [0.29, 0.717) is 42.7 Å². The second-order valence-corrected chi connectivity index (χ2v) is 6.89. The average molecular weight is 353 g/mol. The first kappa shape index (κ1) is 17.4. The maximum absolute atomic E-state index is 12.9. The minimum Gasteiger partial charge on any atom is -0.490 e. The highest BCUT2D eigenvalue weighted by atomic mass is 35.5. The number of carbonyl (C=O) groups excluding carboxylic acids is 1. The van der Waals surface area contributed by atoms with Crippen LogP contribution >= 0.6 is 12.4 Å². The van der Waals surface area contributed by atoms with Gasteiger partial charge in [0.1, 0.15) is 0 Å². The van der Waals surface area contributed by atoms with E-state index >= 15 is 0 Å². The van der Waals surface area contributed by atoms with Crippen LogP contribution in [0, 0.1) is 0 Å². The fourth-order valence-electron chi connectivity index (χ4n) is 4.01. The van der Waals surface area contributed by atoms with Gasteiger partial charge in [0.25, 0.3) is 5.91 Å². The third-order valence-electron chi connectivity index (χ3n) is 5.31. The van der Waals surface area contributed by atoms with E-state index in [1.54, 1.807) is 0 Å². The number of ether oxygens (including phenoxy) is 2. The van der Waals surface area contributed by atoms with Crippen LogP contribution in [0.1, 0.15) is 42.5 Å². The molecule has 3 aliphatic rings. The van der Waals surface area contributed by atoms with Gasteiger partial charge in [0.05, 0.1) is 13.2 Å². The first-order chi connectivity index (χ1) is 11.2. The summed E-state index contributed by atoms with van der Waals surface area (Å²) in [6, 6.07) is 7.03. The number of piperidine rings is 1. The van der Waals surface area contributed by atoms with E-state index in [4.69, 9.17) is 9.47 Å². The zero-order chi connectivity index (χ0) is 15.8. The van der Waals surface area contributed by atoms with Crippen LogP contribution in [0.2, 0.25) is 0 Å². The molecule has 0 spiro atoms. The van der Waals surface area contributed by atoms with Crippen LogP contribution in [-0.4, -0.2) is 49.2 Å². The Balaban J connectivity index is 0.00000169. The third kappa shape index (κ3) is 3.33. The molecule has 2 atom stereocenters. The van der Waals surface area contributed by atoms with Gasteiger partial charge in [0, 0.05) is 37.2 Å². The van der Waals surface area contributed by atoms with Crippen molar-refractivity contribution in [2.24, 2.45) is 0 Å². The second kappa shape index (κ2) is 7.19. The second-order valence-electron chi connectivity index (χ2n) is 6.89. The van der Waals surface area contributed by atoms with Crippen LogP contribution in [0.25, 0.3) is 0 Å². The van der Waals surface area contributed by atoms with E-state index in [0.717, 1.165) is 25.0 Å². The molecule has 1 aromatic carbocycles. The number of nitrogens with zero attached hydrogens (tertiary/aromatic N) is 1. The average Bonchev–Trinajstić information content (AvgIpc) is 2.78. The van der Waals surface area contributed by atoms with Crippen LogP contribution < -0.4 is 14.8 Å². The Morgan fingerprint density at radius 2 is 1.79 bits per heavy atom. The number of fused-ring (bicyclic) bond motifs is 3. The lowest BCUT2D eigenvalue weighted by Gasteiger charge is -2.35. The summed E-state index contributed by atoms with van der Waals surface area (Å²) in [6.07, 6.45) is 5.47. The van der Waals surface area contributed by atoms with Crippen LogP contribution in [0.4, 0.5) is 0 Å². The van der Waals surface area contributed by atoms with Crippen molar-refractivity contribution in [2.45, 2.75) is 50.2 Å². The molecule has 2 bridgehead atoms. The van der Waals surface area contributed by atoms with Gasteiger partial charge in [-0.2, -0.15) is 0 Å². The smallest absolute Gasteiger partial charge is 0.253 e. The Morgan fingerprint density at radius 1 is 1.12 bits per heavy atom. The van der Waals surface area contributed by atoms with Crippen LogP contribution in [0.15, 0.2) is 18.2 Å². The number of halogens is 1. The lowest BCUT2D eigenvalue weighted by Crippen LogP contribution is -2.48. The number of benzene rings is 1. The zero-order valence-electron chi connectivity index (χ0n) is 14.0. The van der Waals surface area contributed by atoms with Gasteiger partial charge in [-0.1, -0.05) is 0 Å². The van der Waals surface area contributed by atoms with Gasteiger partial charge in [-0.25, -0.2) is 0 Å². The van der Waals surface area contributed by atoms with Gasteiger partial charge in [-0.05, 0) is 43.9 Å². The van der Waals surface area contributed by atoms with Crippen LogP contribution in [0.3, 0.4) is 0 Å². The molecule has 1 amide bonds.